The SMILES string of the molecule is COc1ccc(Cl)cn1.Cl. The number of methoxy groups -OCH3 is 1. The minimum atomic E-state index is 0. The van der Waals surface area contributed by atoms with Crippen LogP contribution in [0.15, 0.2) is 18.3 Å². The first-order valence-corrected chi connectivity index (χ1v) is 2.86. The number of nitrogens with zero attached hydrogens (tertiary/aromatic N) is 1. The second kappa shape index (κ2) is 4.36. The Balaban J connectivity index is 0.000000810. The molecule has 0 atom stereocenters. The smallest absolute Gasteiger partial charge is 0.212 e. The molecule has 1 aromatic rings. The molecule has 0 aliphatic rings. The molecule has 0 aliphatic heterocycles. The van der Waals surface area contributed by atoms with Crippen LogP contribution in [0.3, 0.4) is 0 Å². The fraction of sp³-hybridized carbons (Fsp3) is 0.167. The molecular weight excluding hydrogens is 173 g/mol. The lowest BCUT2D eigenvalue weighted by Crippen LogP contribution is -1.84. The first kappa shape index (κ1) is 9.53. The van der Waals surface area contributed by atoms with E-state index in [-0.39, 0.29) is 12.4 Å². The van der Waals surface area contributed by atoms with Crippen LogP contribution in [-0.4, -0.2) is 12.1 Å². The van der Waals surface area contributed by atoms with Crippen molar-refractivity contribution in [2.45, 2.75) is 0 Å². The Kier molecular flexibility index (Phi) is 4.16. The zero-order chi connectivity index (χ0) is 6.69. The van der Waals surface area contributed by atoms with Crippen molar-refractivity contribution in [2.75, 3.05) is 7.11 Å². The minimum absolute atomic E-state index is 0. The van der Waals surface area contributed by atoms with Gasteiger partial charge in [-0.1, -0.05) is 11.6 Å². The van der Waals surface area contributed by atoms with E-state index in [0.717, 1.165) is 0 Å². The van der Waals surface area contributed by atoms with E-state index in [9.17, 15) is 0 Å². The first-order chi connectivity index (χ1) is 4.33. The lowest BCUT2D eigenvalue weighted by Gasteiger charge is -1.94. The Morgan fingerprint density at radius 1 is 1.50 bits per heavy atom. The van der Waals surface area contributed by atoms with Crippen molar-refractivity contribution in [1.29, 1.82) is 0 Å². The maximum atomic E-state index is 5.55. The third-order valence-electron chi connectivity index (χ3n) is 0.909. The molecule has 0 unspecified atom stereocenters. The van der Waals surface area contributed by atoms with Crippen LogP contribution in [0.1, 0.15) is 0 Å². The molecule has 1 rings (SSSR count). The lowest BCUT2D eigenvalue weighted by molar-refractivity contribution is 0.398. The van der Waals surface area contributed by atoms with Gasteiger partial charge >= 0.3 is 0 Å². The minimum Gasteiger partial charge on any atom is -0.481 e. The van der Waals surface area contributed by atoms with Gasteiger partial charge in [-0.05, 0) is 6.07 Å². The fourth-order valence-electron chi connectivity index (χ4n) is 0.483. The van der Waals surface area contributed by atoms with Crippen LogP contribution in [-0.2, 0) is 0 Å². The molecular formula is C6H7Cl2NO. The van der Waals surface area contributed by atoms with Crippen molar-refractivity contribution in [3.8, 4) is 5.88 Å². The fourth-order valence-corrected chi connectivity index (χ4v) is 0.595. The Morgan fingerprint density at radius 2 is 2.20 bits per heavy atom. The van der Waals surface area contributed by atoms with Crippen molar-refractivity contribution in [3.05, 3.63) is 23.4 Å². The van der Waals surface area contributed by atoms with Gasteiger partial charge in [0.15, 0.2) is 0 Å². The third-order valence-corrected chi connectivity index (χ3v) is 1.13. The van der Waals surface area contributed by atoms with Crippen LogP contribution in [0.25, 0.3) is 0 Å². The molecule has 0 aliphatic carbocycles. The molecule has 0 amide bonds. The molecule has 1 aromatic heterocycles. The predicted octanol–water partition coefficient (Wildman–Crippen LogP) is 2.17. The van der Waals surface area contributed by atoms with Crippen LogP contribution < -0.4 is 4.74 Å². The van der Waals surface area contributed by atoms with E-state index in [2.05, 4.69) is 4.98 Å². The van der Waals surface area contributed by atoms with E-state index in [1.165, 1.54) is 0 Å². The molecule has 0 spiro atoms. The highest BCUT2D eigenvalue weighted by Gasteiger charge is 1.88. The topological polar surface area (TPSA) is 22.1 Å². The number of ether oxygens (including phenoxy) is 1. The summed E-state index contributed by atoms with van der Waals surface area (Å²) in [6.07, 6.45) is 1.54. The van der Waals surface area contributed by atoms with E-state index in [1.807, 2.05) is 0 Å². The molecule has 10 heavy (non-hydrogen) atoms. The summed E-state index contributed by atoms with van der Waals surface area (Å²) in [5.41, 5.74) is 0. The molecule has 1 heterocycles. The zero-order valence-corrected chi connectivity index (χ0v) is 6.95. The highest BCUT2D eigenvalue weighted by Crippen LogP contribution is 2.09. The van der Waals surface area contributed by atoms with E-state index in [4.69, 9.17) is 16.3 Å². The van der Waals surface area contributed by atoms with E-state index in [0.29, 0.717) is 10.9 Å². The Labute approximate surface area is 70.6 Å². The van der Waals surface area contributed by atoms with Gasteiger partial charge in [-0.3, -0.25) is 0 Å². The van der Waals surface area contributed by atoms with E-state index in [1.54, 1.807) is 25.4 Å². The van der Waals surface area contributed by atoms with Crippen molar-refractivity contribution in [3.63, 3.8) is 0 Å². The normalized spacial score (nSPS) is 8.20. The number of rotatable bonds is 1. The molecule has 0 saturated carbocycles. The number of hydrogen-bond acceptors (Lipinski definition) is 2. The number of hydrogen-bond donors (Lipinski definition) is 0. The van der Waals surface area contributed by atoms with Gasteiger partial charge in [0.25, 0.3) is 0 Å². The Hall–Kier alpha value is -0.470. The molecule has 0 N–H and O–H groups in total. The van der Waals surface area contributed by atoms with Gasteiger partial charge in [-0.2, -0.15) is 0 Å². The van der Waals surface area contributed by atoms with Gasteiger partial charge in [0.1, 0.15) is 0 Å². The molecule has 0 bridgehead atoms. The van der Waals surface area contributed by atoms with Crippen molar-refractivity contribution in [2.24, 2.45) is 0 Å². The second-order valence-electron chi connectivity index (χ2n) is 1.52. The van der Waals surface area contributed by atoms with Gasteiger partial charge < -0.3 is 4.74 Å². The largest absolute Gasteiger partial charge is 0.481 e. The van der Waals surface area contributed by atoms with Crippen molar-refractivity contribution in [1.82, 2.24) is 4.98 Å². The summed E-state index contributed by atoms with van der Waals surface area (Å²) in [4.78, 5) is 3.84. The summed E-state index contributed by atoms with van der Waals surface area (Å²) in [5.74, 6) is 0.583. The van der Waals surface area contributed by atoms with Gasteiger partial charge in [-0.25, -0.2) is 4.98 Å². The summed E-state index contributed by atoms with van der Waals surface area (Å²) in [5, 5.41) is 0.621. The number of aromatic nitrogens is 1. The standard InChI is InChI=1S/C6H6ClNO.ClH/c1-9-6-3-2-5(7)4-8-6;/h2-4H,1H3;1H. The summed E-state index contributed by atoms with van der Waals surface area (Å²) in [6, 6.07) is 3.44. The van der Waals surface area contributed by atoms with Crippen LogP contribution in [0.4, 0.5) is 0 Å². The van der Waals surface area contributed by atoms with Crippen molar-refractivity contribution >= 4 is 24.0 Å². The van der Waals surface area contributed by atoms with Gasteiger partial charge in [0, 0.05) is 12.3 Å². The van der Waals surface area contributed by atoms with Crippen molar-refractivity contribution < 1.29 is 4.74 Å². The molecule has 56 valence electrons. The van der Waals surface area contributed by atoms with Gasteiger partial charge in [0.05, 0.1) is 12.1 Å². The van der Waals surface area contributed by atoms with Crippen LogP contribution in [0, 0.1) is 0 Å². The third kappa shape index (κ3) is 2.42. The summed E-state index contributed by atoms with van der Waals surface area (Å²) >= 11 is 5.55. The average Bonchev–Trinajstić information content (AvgIpc) is 1.90. The quantitative estimate of drug-likeness (QED) is 0.660. The predicted molar refractivity (Wildman–Crippen MR) is 43.0 cm³/mol. The maximum Gasteiger partial charge on any atom is 0.212 e. The highest BCUT2D eigenvalue weighted by atomic mass is 35.5. The zero-order valence-electron chi connectivity index (χ0n) is 5.37. The first-order valence-electron chi connectivity index (χ1n) is 2.48. The van der Waals surface area contributed by atoms with Gasteiger partial charge in [0.2, 0.25) is 5.88 Å². The van der Waals surface area contributed by atoms with Gasteiger partial charge in [-0.15, -0.1) is 12.4 Å². The van der Waals surface area contributed by atoms with Crippen LogP contribution >= 0.6 is 24.0 Å². The average molecular weight is 180 g/mol. The summed E-state index contributed by atoms with van der Waals surface area (Å²) in [6.45, 7) is 0. The maximum absolute atomic E-state index is 5.55. The molecule has 0 aromatic carbocycles. The summed E-state index contributed by atoms with van der Waals surface area (Å²) < 4.78 is 4.80. The van der Waals surface area contributed by atoms with E-state index < -0.39 is 0 Å². The number of pyridine rings is 1. The second-order valence-corrected chi connectivity index (χ2v) is 1.96. The van der Waals surface area contributed by atoms with Crippen LogP contribution in [0.2, 0.25) is 5.02 Å². The number of halogens is 2. The Morgan fingerprint density at radius 3 is 2.60 bits per heavy atom. The molecule has 0 radical (unpaired) electrons. The monoisotopic (exact) mass is 179 g/mol. The van der Waals surface area contributed by atoms with Crippen LogP contribution in [0.5, 0.6) is 5.88 Å². The molecule has 0 fully saturated rings. The molecule has 2 nitrogen and oxygen atoms in total. The van der Waals surface area contributed by atoms with E-state index >= 15 is 0 Å². The molecule has 4 heteroatoms. The highest BCUT2D eigenvalue weighted by molar-refractivity contribution is 6.30. The summed E-state index contributed by atoms with van der Waals surface area (Å²) in [7, 11) is 1.57. The Bertz CT molecular complexity index is 187. The molecule has 0 saturated heterocycles. The lowest BCUT2D eigenvalue weighted by atomic mass is 10.5.